The summed E-state index contributed by atoms with van der Waals surface area (Å²) in [6.45, 7) is 5.79. The van der Waals surface area contributed by atoms with Crippen LogP contribution in [0.1, 0.15) is 59.9 Å². The number of imidazole rings is 1. The number of nitrogens with zero attached hydrogens (tertiary/aromatic N) is 4. The molecule has 1 spiro atoms. The summed E-state index contributed by atoms with van der Waals surface area (Å²) in [5.41, 5.74) is 3.51. The second kappa shape index (κ2) is 7.76. The van der Waals surface area contributed by atoms with Crippen LogP contribution in [0.3, 0.4) is 0 Å². The van der Waals surface area contributed by atoms with Gasteiger partial charge in [0.2, 0.25) is 0 Å². The lowest BCUT2D eigenvalue weighted by atomic mass is 9.78. The number of benzene rings is 1. The van der Waals surface area contributed by atoms with Gasteiger partial charge in [-0.1, -0.05) is 19.4 Å². The number of unbranched alkanes of at least 4 members (excludes halogenated alkanes) is 1. The predicted octanol–water partition coefficient (Wildman–Crippen LogP) is 3.07. The zero-order valence-electron chi connectivity index (χ0n) is 16.4. The maximum atomic E-state index is 13.0. The molecule has 6 nitrogen and oxygen atoms in total. The zero-order chi connectivity index (χ0) is 19.6. The molecule has 4 rings (SSSR count). The summed E-state index contributed by atoms with van der Waals surface area (Å²) in [6, 6.07) is 9.11. The number of fused-ring (bicyclic) bond motifs is 2. The van der Waals surface area contributed by atoms with Gasteiger partial charge in [0.15, 0.2) is 0 Å². The number of nitriles is 1. The molecule has 146 valence electrons. The molecule has 0 radical (unpaired) electrons. The Morgan fingerprint density at radius 3 is 2.89 bits per heavy atom. The van der Waals surface area contributed by atoms with Crippen molar-refractivity contribution in [1.29, 1.82) is 5.26 Å². The largest absolute Gasteiger partial charge is 0.348 e. The lowest BCUT2D eigenvalue weighted by Crippen LogP contribution is -2.57. The van der Waals surface area contributed by atoms with Crippen LogP contribution in [0.2, 0.25) is 0 Å². The third-order valence-corrected chi connectivity index (χ3v) is 6.29. The van der Waals surface area contributed by atoms with Gasteiger partial charge in [-0.15, -0.1) is 0 Å². The summed E-state index contributed by atoms with van der Waals surface area (Å²) < 4.78 is 0. The van der Waals surface area contributed by atoms with Gasteiger partial charge < -0.3 is 9.88 Å². The summed E-state index contributed by atoms with van der Waals surface area (Å²) >= 11 is 0. The topological polar surface area (TPSA) is 76.0 Å². The molecular weight excluding hydrogens is 350 g/mol. The monoisotopic (exact) mass is 377 g/mol. The number of nitrogens with one attached hydrogen (secondary N) is 1. The van der Waals surface area contributed by atoms with E-state index in [9.17, 15) is 4.79 Å². The van der Waals surface area contributed by atoms with E-state index in [0.29, 0.717) is 24.2 Å². The molecule has 2 aromatic rings. The summed E-state index contributed by atoms with van der Waals surface area (Å²) in [5.74, 6) is 0.0186. The van der Waals surface area contributed by atoms with Crippen LogP contribution in [0.25, 0.3) is 0 Å². The van der Waals surface area contributed by atoms with Crippen LogP contribution >= 0.6 is 0 Å². The minimum atomic E-state index is -0.0615. The first-order valence-corrected chi connectivity index (χ1v) is 10.2. The SMILES string of the molecule is CCCCN1CCc2[nH]cnc2C12CCN(C(=O)c1cccc(C#N)c1)CC2. The molecule has 0 atom stereocenters. The van der Waals surface area contributed by atoms with Crippen molar-refractivity contribution in [2.24, 2.45) is 0 Å². The standard InChI is InChI=1S/C22H27N5O/c1-2-3-10-27-11-7-19-20(25-16-24-19)22(27)8-12-26(13-9-22)21(28)18-6-4-5-17(14-18)15-23/h4-6,14,16H,2-3,7-13H2,1H3,(H,24,25). The van der Waals surface area contributed by atoms with E-state index in [2.05, 4.69) is 22.9 Å². The van der Waals surface area contributed by atoms with E-state index < -0.39 is 0 Å². The van der Waals surface area contributed by atoms with Crippen molar-refractivity contribution in [3.63, 3.8) is 0 Å². The molecule has 0 aliphatic carbocycles. The molecule has 2 aliphatic heterocycles. The Labute approximate surface area is 166 Å². The summed E-state index contributed by atoms with van der Waals surface area (Å²) in [7, 11) is 0. The van der Waals surface area contributed by atoms with Crippen LogP contribution in [0.4, 0.5) is 0 Å². The number of carbonyl (C=O) groups excluding carboxylic acids is 1. The molecule has 1 saturated heterocycles. The van der Waals surface area contributed by atoms with E-state index in [4.69, 9.17) is 10.2 Å². The van der Waals surface area contributed by atoms with Crippen LogP contribution in [-0.2, 0) is 12.0 Å². The van der Waals surface area contributed by atoms with E-state index in [1.807, 2.05) is 11.2 Å². The smallest absolute Gasteiger partial charge is 0.253 e. The van der Waals surface area contributed by atoms with Crippen molar-refractivity contribution in [2.45, 2.75) is 44.6 Å². The van der Waals surface area contributed by atoms with Crippen LogP contribution in [0.15, 0.2) is 30.6 Å². The average molecular weight is 377 g/mol. The number of likely N-dealkylation sites (tertiary alicyclic amines) is 1. The number of piperidine rings is 1. The molecule has 1 aromatic heterocycles. The van der Waals surface area contributed by atoms with Gasteiger partial charge in [0.1, 0.15) is 0 Å². The Kier molecular flexibility index (Phi) is 5.19. The van der Waals surface area contributed by atoms with Gasteiger partial charge in [0.05, 0.1) is 29.2 Å². The van der Waals surface area contributed by atoms with Crippen molar-refractivity contribution in [2.75, 3.05) is 26.2 Å². The molecule has 6 heteroatoms. The van der Waals surface area contributed by atoms with E-state index in [-0.39, 0.29) is 11.4 Å². The zero-order valence-corrected chi connectivity index (χ0v) is 16.4. The minimum Gasteiger partial charge on any atom is -0.348 e. The Morgan fingerprint density at radius 2 is 2.14 bits per heavy atom. The van der Waals surface area contributed by atoms with Gasteiger partial charge in [-0.2, -0.15) is 5.26 Å². The fourth-order valence-electron chi connectivity index (χ4n) is 4.74. The highest BCUT2D eigenvalue weighted by Crippen LogP contribution is 2.42. The van der Waals surface area contributed by atoms with Gasteiger partial charge >= 0.3 is 0 Å². The van der Waals surface area contributed by atoms with Crippen LogP contribution in [-0.4, -0.2) is 51.9 Å². The van der Waals surface area contributed by atoms with Gasteiger partial charge in [-0.25, -0.2) is 4.98 Å². The van der Waals surface area contributed by atoms with Gasteiger partial charge in [-0.05, 0) is 44.0 Å². The third-order valence-electron chi connectivity index (χ3n) is 6.29. The first kappa shape index (κ1) is 18.7. The Morgan fingerprint density at radius 1 is 1.32 bits per heavy atom. The number of rotatable bonds is 4. The quantitative estimate of drug-likeness (QED) is 0.888. The Balaban J connectivity index is 1.54. The van der Waals surface area contributed by atoms with Crippen molar-refractivity contribution in [1.82, 2.24) is 19.8 Å². The summed E-state index contributed by atoms with van der Waals surface area (Å²) in [4.78, 5) is 25.5. The van der Waals surface area contributed by atoms with E-state index in [1.54, 1.807) is 24.3 Å². The molecule has 0 unspecified atom stereocenters. The van der Waals surface area contributed by atoms with E-state index in [0.717, 1.165) is 32.4 Å². The van der Waals surface area contributed by atoms with Crippen LogP contribution < -0.4 is 0 Å². The normalized spacial score (nSPS) is 18.6. The van der Waals surface area contributed by atoms with E-state index >= 15 is 0 Å². The average Bonchev–Trinajstić information content (AvgIpc) is 3.23. The van der Waals surface area contributed by atoms with Gasteiger partial charge in [0, 0.05) is 37.3 Å². The number of hydrogen-bond acceptors (Lipinski definition) is 4. The lowest BCUT2D eigenvalue weighted by molar-refractivity contribution is 0.00631. The summed E-state index contributed by atoms with van der Waals surface area (Å²) in [5, 5.41) is 9.10. The number of aromatic nitrogens is 2. The van der Waals surface area contributed by atoms with Crippen molar-refractivity contribution in [3.05, 3.63) is 53.1 Å². The van der Waals surface area contributed by atoms with Crippen LogP contribution in [0.5, 0.6) is 0 Å². The Bertz CT molecular complexity index is 888. The Hall–Kier alpha value is -2.65. The molecule has 2 aliphatic rings. The van der Waals surface area contributed by atoms with Crippen molar-refractivity contribution < 1.29 is 4.79 Å². The molecule has 28 heavy (non-hydrogen) atoms. The van der Waals surface area contributed by atoms with Gasteiger partial charge in [-0.3, -0.25) is 9.69 Å². The van der Waals surface area contributed by atoms with Crippen LogP contribution in [0, 0.1) is 11.3 Å². The van der Waals surface area contributed by atoms with Crippen molar-refractivity contribution >= 4 is 5.91 Å². The molecule has 1 amide bonds. The molecule has 0 bridgehead atoms. The fourth-order valence-corrected chi connectivity index (χ4v) is 4.74. The molecular formula is C22H27N5O. The number of carbonyl (C=O) groups is 1. The second-order valence-electron chi connectivity index (χ2n) is 7.84. The predicted molar refractivity (Wildman–Crippen MR) is 107 cm³/mol. The molecule has 1 aromatic carbocycles. The number of aromatic amines is 1. The highest BCUT2D eigenvalue weighted by molar-refractivity contribution is 5.94. The van der Waals surface area contributed by atoms with Gasteiger partial charge in [0.25, 0.3) is 5.91 Å². The summed E-state index contributed by atoms with van der Waals surface area (Å²) in [6.07, 6.45) is 7.01. The minimum absolute atomic E-state index is 0.0186. The second-order valence-corrected chi connectivity index (χ2v) is 7.84. The maximum absolute atomic E-state index is 13.0. The number of H-pyrrole nitrogens is 1. The van der Waals surface area contributed by atoms with Crippen molar-refractivity contribution in [3.8, 4) is 6.07 Å². The first-order valence-electron chi connectivity index (χ1n) is 10.2. The van der Waals surface area contributed by atoms with E-state index in [1.165, 1.54) is 24.2 Å². The lowest BCUT2D eigenvalue weighted by Gasteiger charge is -2.50. The molecule has 3 heterocycles. The molecule has 0 saturated carbocycles. The fraction of sp³-hybridized carbons (Fsp3) is 0.500. The molecule has 1 fully saturated rings. The molecule has 1 N–H and O–H groups in total. The first-order chi connectivity index (χ1) is 13.7. The third kappa shape index (κ3) is 3.20. The number of hydrogen-bond donors (Lipinski definition) is 1. The highest BCUT2D eigenvalue weighted by atomic mass is 16.2. The number of amides is 1. The highest BCUT2D eigenvalue weighted by Gasteiger charge is 2.46. The maximum Gasteiger partial charge on any atom is 0.253 e.